The zero-order chi connectivity index (χ0) is 27.7. The number of primary amides is 1. The molecule has 4 aromatic rings. The number of H-pyrrole nitrogens is 1. The van der Waals surface area contributed by atoms with Crippen LogP contribution in [0, 0.1) is 0 Å². The molecular formula is C23H17Cl2F3N6O3S. The van der Waals surface area contributed by atoms with E-state index < -0.39 is 27.8 Å². The summed E-state index contributed by atoms with van der Waals surface area (Å²) in [7, 11) is -3.80. The number of anilines is 3. The van der Waals surface area contributed by atoms with Crippen LogP contribution < -0.4 is 15.8 Å². The average molecular weight is 585 g/mol. The largest absolute Gasteiger partial charge is 0.433 e. The van der Waals surface area contributed by atoms with Crippen molar-refractivity contribution in [1.29, 1.82) is 0 Å². The zero-order valence-corrected chi connectivity index (χ0v) is 21.3. The molecule has 0 fully saturated rings. The number of carbonyl (C=O) groups is 1. The first-order chi connectivity index (χ1) is 17.8. The first-order valence-electron chi connectivity index (χ1n) is 10.6. The Morgan fingerprint density at radius 2 is 1.74 bits per heavy atom. The second-order valence-electron chi connectivity index (χ2n) is 7.90. The number of hydrogen-bond donors (Lipinski definition) is 4. The van der Waals surface area contributed by atoms with E-state index in [0.29, 0.717) is 16.1 Å². The van der Waals surface area contributed by atoms with Crippen LogP contribution in [0.5, 0.6) is 0 Å². The van der Waals surface area contributed by atoms with Crippen molar-refractivity contribution in [2.45, 2.75) is 11.9 Å². The molecular weight excluding hydrogens is 568 g/mol. The molecule has 198 valence electrons. The summed E-state index contributed by atoms with van der Waals surface area (Å²) in [6.07, 6.45) is -4.66. The van der Waals surface area contributed by atoms with Crippen LogP contribution in [-0.2, 0) is 22.0 Å². The van der Waals surface area contributed by atoms with E-state index in [2.05, 4.69) is 25.2 Å². The van der Waals surface area contributed by atoms with Gasteiger partial charge in [-0.15, -0.1) is 0 Å². The Bertz CT molecular complexity index is 1610. The van der Waals surface area contributed by atoms with Crippen molar-refractivity contribution in [3.63, 3.8) is 0 Å². The summed E-state index contributed by atoms with van der Waals surface area (Å²) in [5, 5.41) is 9.67. The van der Waals surface area contributed by atoms with Gasteiger partial charge >= 0.3 is 6.18 Å². The molecule has 0 aliphatic carbocycles. The maximum absolute atomic E-state index is 13.0. The fraction of sp³-hybridized carbons (Fsp3) is 0.0870. The molecule has 0 aliphatic rings. The molecule has 0 aliphatic heterocycles. The smallest absolute Gasteiger partial charge is 0.365 e. The molecule has 0 saturated carbocycles. The van der Waals surface area contributed by atoms with Crippen LogP contribution in [0.4, 0.5) is 30.5 Å². The van der Waals surface area contributed by atoms with E-state index in [4.69, 9.17) is 28.9 Å². The summed E-state index contributed by atoms with van der Waals surface area (Å²) in [6.45, 7) is 0. The molecule has 2 aromatic carbocycles. The Labute approximate surface area is 224 Å². The molecule has 0 spiro atoms. The van der Waals surface area contributed by atoms with Gasteiger partial charge < -0.3 is 11.1 Å². The van der Waals surface area contributed by atoms with Gasteiger partial charge in [-0.2, -0.15) is 18.3 Å². The maximum atomic E-state index is 13.0. The quantitative estimate of drug-likeness (QED) is 0.213. The van der Waals surface area contributed by atoms with Crippen molar-refractivity contribution in [3.8, 4) is 11.3 Å². The first-order valence-corrected chi connectivity index (χ1v) is 13.0. The Kier molecular flexibility index (Phi) is 7.54. The number of benzene rings is 2. The first kappa shape index (κ1) is 27.2. The van der Waals surface area contributed by atoms with Crippen molar-refractivity contribution in [1.82, 2.24) is 15.2 Å². The van der Waals surface area contributed by atoms with Gasteiger partial charge in [-0.3, -0.25) is 14.6 Å². The summed E-state index contributed by atoms with van der Waals surface area (Å²) in [5.74, 6) is -1.59. The summed E-state index contributed by atoms with van der Waals surface area (Å²) < 4.78 is 66.5. The molecule has 2 heterocycles. The van der Waals surface area contributed by atoms with Crippen LogP contribution in [0.25, 0.3) is 11.3 Å². The zero-order valence-electron chi connectivity index (χ0n) is 19.0. The van der Waals surface area contributed by atoms with Crippen LogP contribution in [0.1, 0.15) is 21.6 Å². The molecule has 15 heteroatoms. The van der Waals surface area contributed by atoms with E-state index >= 15 is 0 Å². The number of pyridine rings is 1. The Morgan fingerprint density at radius 3 is 2.37 bits per heavy atom. The highest BCUT2D eigenvalue weighted by Crippen LogP contribution is 2.32. The fourth-order valence-electron chi connectivity index (χ4n) is 3.43. The summed E-state index contributed by atoms with van der Waals surface area (Å²) in [6, 6.07) is 13.6. The average Bonchev–Trinajstić information content (AvgIpc) is 3.25. The molecule has 38 heavy (non-hydrogen) atoms. The van der Waals surface area contributed by atoms with Gasteiger partial charge in [0.15, 0.2) is 5.82 Å². The number of nitrogens with one attached hydrogen (secondary N) is 3. The Morgan fingerprint density at radius 1 is 1.03 bits per heavy atom. The number of aromatic nitrogens is 3. The summed E-state index contributed by atoms with van der Waals surface area (Å²) in [4.78, 5) is 15.7. The summed E-state index contributed by atoms with van der Waals surface area (Å²) in [5.41, 5.74) is 5.49. The normalized spacial score (nSPS) is 11.8. The third-order valence-electron chi connectivity index (χ3n) is 5.09. The van der Waals surface area contributed by atoms with E-state index in [-0.39, 0.29) is 39.4 Å². The minimum absolute atomic E-state index is 0.128. The predicted octanol–water partition coefficient (Wildman–Crippen LogP) is 5.58. The van der Waals surface area contributed by atoms with Crippen LogP contribution in [0.3, 0.4) is 0 Å². The second kappa shape index (κ2) is 10.5. The number of rotatable bonds is 8. The molecule has 0 saturated heterocycles. The Hall–Kier alpha value is -3.81. The number of nitrogens with zero attached hydrogens (tertiary/aromatic N) is 2. The number of nitrogens with two attached hydrogens (primary N) is 1. The lowest BCUT2D eigenvalue weighted by molar-refractivity contribution is -0.141. The van der Waals surface area contributed by atoms with E-state index in [0.717, 1.165) is 12.1 Å². The number of aromatic amines is 1. The fourth-order valence-corrected chi connectivity index (χ4v) is 4.94. The van der Waals surface area contributed by atoms with Gasteiger partial charge in [0.1, 0.15) is 17.1 Å². The van der Waals surface area contributed by atoms with Gasteiger partial charge in [0.2, 0.25) is 10.0 Å². The van der Waals surface area contributed by atoms with Crippen molar-refractivity contribution in [2.75, 3.05) is 10.0 Å². The molecule has 0 atom stereocenters. The van der Waals surface area contributed by atoms with E-state index in [1.165, 1.54) is 42.5 Å². The van der Waals surface area contributed by atoms with E-state index in [1.807, 2.05) is 0 Å². The third kappa shape index (κ3) is 6.36. The molecule has 0 bridgehead atoms. The monoisotopic (exact) mass is 584 g/mol. The van der Waals surface area contributed by atoms with Crippen molar-refractivity contribution in [3.05, 3.63) is 87.5 Å². The van der Waals surface area contributed by atoms with E-state index in [1.54, 1.807) is 6.07 Å². The van der Waals surface area contributed by atoms with Crippen molar-refractivity contribution >= 4 is 56.5 Å². The highest BCUT2D eigenvalue weighted by atomic mass is 35.5. The van der Waals surface area contributed by atoms with Crippen LogP contribution >= 0.6 is 23.2 Å². The van der Waals surface area contributed by atoms with Gasteiger partial charge in [0.05, 0.1) is 21.5 Å². The lowest BCUT2D eigenvalue weighted by Crippen LogP contribution is -2.15. The van der Waals surface area contributed by atoms with Gasteiger partial charge in [-0.1, -0.05) is 47.5 Å². The molecule has 2 aromatic heterocycles. The predicted molar refractivity (Wildman–Crippen MR) is 138 cm³/mol. The Balaban J connectivity index is 1.54. The standard InChI is InChI=1S/C23H17Cl2F3N6O3S/c24-15-9-4-12(10-16(15)25)11-38(36,37)34-14-7-5-13(6-8-14)20-19(21(29)35)22(33-32-20)31-18-3-1-2-17(30-18)23(26,27)28/h1-10,34H,11H2,(H2,29,35)(H2,30,31,32,33). The lowest BCUT2D eigenvalue weighted by Gasteiger charge is -2.10. The highest BCUT2D eigenvalue weighted by molar-refractivity contribution is 7.91. The lowest BCUT2D eigenvalue weighted by atomic mass is 10.1. The van der Waals surface area contributed by atoms with Crippen molar-refractivity contribution < 1.29 is 26.4 Å². The highest BCUT2D eigenvalue weighted by Gasteiger charge is 2.32. The topological polar surface area (TPSA) is 143 Å². The number of carbonyl (C=O) groups excluding carboxylic acids is 1. The molecule has 5 N–H and O–H groups in total. The van der Waals surface area contributed by atoms with Crippen LogP contribution in [-0.4, -0.2) is 29.5 Å². The number of amides is 1. The third-order valence-corrected chi connectivity index (χ3v) is 7.09. The molecule has 4 rings (SSSR count). The van der Waals surface area contributed by atoms with Gasteiger partial charge in [-0.05, 0) is 42.0 Å². The summed E-state index contributed by atoms with van der Waals surface area (Å²) >= 11 is 11.8. The minimum atomic E-state index is -4.66. The number of alkyl halides is 3. The molecule has 9 nitrogen and oxygen atoms in total. The van der Waals surface area contributed by atoms with Gasteiger partial charge in [0, 0.05) is 11.3 Å². The number of sulfonamides is 1. The number of hydrogen-bond acceptors (Lipinski definition) is 6. The van der Waals surface area contributed by atoms with Crippen LogP contribution in [0.2, 0.25) is 10.0 Å². The maximum Gasteiger partial charge on any atom is 0.433 e. The van der Waals surface area contributed by atoms with E-state index in [9.17, 15) is 26.4 Å². The SMILES string of the molecule is NC(=O)c1c(Nc2cccc(C(F)(F)F)n2)n[nH]c1-c1ccc(NS(=O)(=O)Cc2ccc(Cl)c(Cl)c2)cc1. The second-order valence-corrected chi connectivity index (χ2v) is 10.4. The number of halogens is 5. The molecule has 0 radical (unpaired) electrons. The van der Waals surface area contributed by atoms with Crippen LogP contribution in [0.15, 0.2) is 60.7 Å². The van der Waals surface area contributed by atoms with Crippen molar-refractivity contribution in [2.24, 2.45) is 5.73 Å². The van der Waals surface area contributed by atoms with Gasteiger partial charge in [0.25, 0.3) is 5.91 Å². The molecule has 0 unspecified atom stereocenters. The van der Waals surface area contributed by atoms with Gasteiger partial charge in [-0.25, -0.2) is 13.4 Å². The molecule has 1 amide bonds. The minimum Gasteiger partial charge on any atom is -0.365 e.